The molecule has 2 heterocycles. The Bertz CT molecular complexity index is 833. The van der Waals surface area contributed by atoms with Crippen molar-refractivity contribution in [1.82, 2.24) is 15.1 Å². The lowest BCUT2D eigenvalue weighted by atomic mass is 9.89. The molecule has 0 saturated carbocycles. The predicted molar refractivity (Wildman–Crippen MR) is 97.4 cm³/mol. The lowest BCUT2D eigenvalue weighted by molar-refractivity contribution is 0.0683. The van der Waals surface area contributed by atoms with E-state index in [0.29, 0.717) is 35.7 Å². The number of likely N-dealkylation sites (tertiary alicyclic amines) is 1. The summed E-state index contributed by atoms with van der Waals surface area (Å²) >= 11 is 0. The summed E-state index contributed by atoms with van der Waals surface area (Å²) < 4.78 is 10.5. The van der Waals surface area contributed by atoms with Crippen LogP contribution in [0.15, 0.2) is 24.4 Å². The number of rotatable bonds is 7. The minimum Gasteiger partial charge on any atom is -0.493 e. The second-order valence-electron chi connectivity index (χ2n) is 6.58. The number of aromatic amines is 1. The molecule has 0 aliphatic carbocycles. The molecule has 27 heavy (non-hydrogen) atoms. The molecule has 1 aromatic heterocycles. The van der Waals surface area contributed by atoms with Crippen molar-refractivity contribution >= 4 is 11.8 Å². The summed E-state index contributed by atoms with van der Waals surface area (Å²) in [6.45, 7) is 1.85. The standard InChI is InChI=1S/C19H23N3O5/c1-26-15-6-5-12(8-16(15)27-2)18(23)13-4-3-7-22(10-13)11-14-9-20-21-17(14)19(24)25/h5-6,8-9,13H,3-4,7,10-11H2,1-2H3,(H,20,21)(H,24,25). The fraction of sp³-hybridized carbons (Fsp3) is 0.421. The molecule has 1 unspecified atom stereocenters. The number of H-pyrrole nitrogens is 1. The van der Waals surface area contributed by atoms with E-state index in [9.17, 15) is 14.7 Å². The molecule has 144 valence electrons. The van der Waals surface area contributed by atoms with E-state index in [2.05, 4.69) is 15.1 Å². The van der Waals surface area contributed by atoms with Gasteiger partial charge in [-0.2, -0.15) is 5.10 Å². The Morgan fingerprint density at radius 1 is 1.30 bits per heavy atom. The van der Waals surface area contributed by atoms with Gasteiger partial charge in [-0.05, 0) is 37.6 Å². The highest BCUT2D eigenvalue weighted by molar-refractivity contribution is 5.98. The third-order valence-electron chi connectivity index (χ3n) is 4.87. The normalized spacial score (nSPS) is 17.5. The number of aromatic carboxylic acids is 1. The van der Waals surface area contributed by atoms with Crippen molar-refractivity contribution in [3.05, 3.63) is 41.2 Å². The van der Waals surface area contributed by atoms with Gasteiger partial charge in [0.25, 0.3) is 0 Å². The number of ketones is 1. The molecule has 1 saturated heterocycles. The van der Waals surface area contributed by atoms with Gasteiger partial charge in [-0.15, -0.1) is 0 Å². The first kappa shape index (κ1) is 18.9. The van der Waals surface area contributed by atoms with Gasteiger partial charge < -0.3 is 14.6 Å². The van der Waals surface area contributed by atoms with E-state index in [1.165, 1.54) is 6.20 Å². The molecule has 2 N–H and O–H groups in total. The van der Waals surface area contributed by atoms with Crippen molar-refractivity contribution in [1.29, 1.82) is 0 Å². The number of benzene rings is 1. The van der Waals surface area contributed by atoms with Crippen molar-refractivity contribution in [2.24, 2.45) is 5.92 Å². The largest absolute Gasteiger partial charge is 0.493 e. The molecular formula is C19H23N3O5. The number of hydrogen-bond donors (Lipinski definition) is 2. The number of carboxylic acids is 1. The van der Waals surface area contributed by atoms with E-state index in [-0.39, 0.29) is 17.4 Å². The molecule has 8 heteroatoms. The Kier molecular flexibility index (Phi) is 5.75. The van der Waals surface area contributed by atoms with Gasteiger partial charge in [-0.1, -0.05) is 0 Å². The predicted octanol–water partition coefficient (Wildman–Crippen LogP) is 2.22. The number of carboxylic acid groups (broad SMARTS) is 1. The first-order valence-electron chi connectivity index (χ1n) is 8.77. The summed E-state index contributed by atoms with van der Waals surface area (Å²) in [5.74, 6) is 0.00166. The fourth-order valence-electron chi connectivity index (χ4n) is 3.50. The third kappa shape index (κ3) is 4.11. The molecule has 0 spiro atoms. The van der Waals surface area contributed by atoms with Gasteiger partial charge in [0.1, 0.15) is 5.69 Å². The molecule has 2 aromatic rings. The highest BCUT2D eigenvalue weighted by atomic mass is 16.5. The lowest BCUT2D eigenvalue weighted by Gasteiger charge is -2.31. The maximum Gasteiger partial charge on any atom is 0.354 e. The van der Waals surface area contributed by atoms with Crippen LogP contribution in [0.3, 0.4) is 0 Å². The van der Waals surface area contributed by atoms with Gasteiger partial charge in [0, 0.05) is 30.1 Å². The van der Waals surface area contributed by atoms with Crippen molar-refractivity contribution < 1.29 is 24.2 Å². The zero-order chi connectivity index (χ0) is 19.4. The number of hydrogen-bond acceptors (Lipinski definition) is 6. The topological polar surface area (TPSA) is 105 Å². The first-order valence-corrected chi connectivity index (χ1v) is 8.77. The van der Waals surface area contributed by atoms with Crippen LogP contribution in [0.5, 0.6) is 11.5 Å². The number of carbonyl (C=O) groups is 2. The average molecular weight is 373 g/mol. The number of aromatic nitrogens is 2. The van der Waals surface area contributed by atoms with Crippen LogP contribution in [0.25, 0.3) is 0 Å². The first-order chi connectivity index (χ1) is 13.0. The maximum absolute atomic E-state index is 13.0. The lowest BCUT2D eigenvalue weighted by Crippen LogP contribution is -2.38. The maximum atomic E-state index is 13.0. The summed E-state index contributed by atoms with van der Waals surface area (Å²) in [7, 11) is 3.10. The van der Waals surface area contributed by atoms with Crippen LogP contribution in [0.1, 0.15) is 39.3 Å². The highest BCUT2D eigenvalue weighted by Gasteiger charge is 2.28. The summed E-state index contributed by atoms with van der Waals surface area (Å²) in [6.07, 6.45) is 3.22. The molecule has 0 amide bonds. The van der Waals surface area contributed by atoms with E-state index >= 15 is 0 Å². The van der Waals surface area contributed by atoms with E-state index in [1.54, 1.807) is 32.4 Å². The monoisotopic (exact) mass is 373 g/mol. The Balaban J connectivity index is 1.71. The fourth-order valence-corrected chi connectivity index (χ4v) is 3.50. The number of nitrogens with zero attached hydrogens (tertiary/aromatic N) is 2. The number of carbonyl (C=O) groups excluding carboxylic acids is 1. The highest BCUT2D eigenvalue weighted by Crippen LogP contribution is 2.30. The van der Waals surface area contributed by atoms with Crippen LogP contribution in [-0.2, 0) is 6.54 Å². The van der Waals surface area contributed by atoms with Crippen molar-refractivity contribution in [3.8, 4) is 11.5 Å². The number of ether oxygens (including phenoxy) is 2. The van der Waals surface area contributed by atoms with E-state index in [4.69, 9.17) is 9.47 Å². The molecule has 3 rings (SSSR count). The smallest absolute Gasteiger partial charge is 0.354 e. The SMILES string of the molecule is COc1ccc(C(=O)C2CCCN(Cc3cn[nH]c3C(=O)O)C2)cc1OC. The summed E-state index contributed by atoms with van der Waals surface area (Å²) in [5, 5.41) is 15.5. The minimum atomic E-state index is -1.03. The van der Waals surface area contributed by atoms with Gasteiger partial charge in [0.2, 0.25) is 0 Å². The molecule has 0 bridgehead atoms. The molecule has 0 radical (unpaired) electrons. The van der Waals surface area contributed by atoms with Crippen LogP contribution in [-0.4, -0.2) is 59.3 Å². The zero-order valence-corrected chi connectivity index (χ0v) is 15.4. The molecule has 1 atom stereocenters. The van der Waals surface area contributed by atoms with Crippen LogP contribution >= 0.6 is 0 Å². The zero-order valence-electron chi connectivity index (χ0n) is 15.4. The molecule has 1 aliphatic rings. The molecule has 1 aliphatic heterocycles. The summed E-state index contributed by atoms with van der Waals surface area (Å²) in [5.41, 5.74) is 1.32. The van der Waals surface area contributed by atoms with Crippen LogP contribution in [0, 0.1) is 5.92 Å². The third-order valence-corrected chi connectivity index (χ3v) is 4.87. The number of Topliss-reactive ketones (excluding diaryl/α,β-unsaturated/α-hetero) is 1. The van der Waals surface area contributed by atoms with Gasteiger partial charge in [-0.3, -0.25) is 14.8 Å². The van der Waals surface area contributed by atoms with Crippen LogP contribution in [0.2, 0.25) is 0 Å². The molecule has 8 nitrogen and oxygen atoms in total. The van der Waals surface area contributed by atoms with Crippen molar-refractivity contribution in [2.45, 2.75) is 19.4 Å². The van der Waals surface area contributed by atoms with Gasteiger partial charge >= 0.3 is 5.97 Å². The van der Waals surface area contributed by atoms with E-state index < -0.39 is 5.97 Å². The molecular weight excluding hydrogens is 350 g/mol. The van der Waals surface area contributed by atoms with E-state index in [1.807, 2.05) is 0 Å². The Morgan fingerprint density at radius 3 is 2.78 bits per heavy atom. The van der Waals surface area contributed by atoms with Gasteiger partial charge in [0.15, 0.2) is 17.3 Å². The van der Waals surface area contributed by atoms with Crippen LogP contribution < -0.4 is 9.47 Å². The average Bonchev–Trinajstić information content (AvgIpc) is 3.15. The Morgan fingerprint density at radius 2 is 2.07 bits per heavy atom. The van der Waals surface area contributed by atoms with Crippen molar-refractivity contribution in [3.63, 3.8) is 0 Å². The van der Waals surface area contributed by atoms with Gasteiger partial charge in [-0.25, -0.2) is 4.79 Å². The second-order valence-corrected chi connectivity index (χ2v) is 6.58. The molecule has 1 aromatic carbocycles. The molecule has 1 fully saturated rings. The minimum absolute atomic E-state index is 0.0614. The van der Waals surface area contributed by atoms with Crippen molar-refractivity contribution in [2.75, 3.05) is 27.3 Å². The number of nitrogens with one attached hydrogen (secondary N) is 1. The Labute approximate surface area is 157 Å². The number of piperidine rings is 1. The Hall–Kier alpha value is -2.87. The summed E-state index contributed by atoms with van der Waals surface area (Å²) in [4.78, 5) is 26.3. The number of methoxy groups -OCH3 is 2. The van der Waals surface area contributed by atoms with Gasteiger partial charge in [0.05, 0.1) is 20.4 Å². The van der Waals surface area contributed by atoms with E-state index in [0.717, 1.165) is 19.4 Å². The van der Waals surface area contributed by atoms with Crippen LogP contribution in [0.4, 0.5) is 0 Å². The summed E-state index contributed by atoms with van der Waals surface area (Å²) in [6, 6.07) is 5.19. The second kappa shape index (κ2) is 8.22. The quantitative estimate of drug-likeness (QED) is 0.717.